The van der Waals surface area contributed by atoms with E-state index < -0.39 is 0 Å². The number of halogens is 2. The molecule has 1 aromatic carbocycles. The van der Waals surface area contributed by atoms with E-state index in [1.165, 1.54) is 12.0 Å². The van der Waals surface area contributed by atoms with Gasteiger partial charge in [-0.15, -0.1) is 12.4 Å². The van der Waals surface area contributed by atoms with Crippen LogP contribution in [-0.4, -0.2) is 39.3 Å². The van der Waals surface area contributed by atoms with Crippen molar-refractivity contribution < 1.29 is 9.53 Å². The van der Waals surface area contributed by atoms with E-state index in [1.54, 1.807) is 7.11 Å². The highest BCUT2D eigenvalue weighted by atomic mass is 79.9. The van der Waals surface area contributed by atoms with Gasteiger partial charge in [0.1, 0.15) is 0 Å². The van der Waals surface area contributed by atoms with Crippen molar-refractivity contribution in [1.29, 1.82) is 0 Å². The molecule has 6 heteroatoms. The zero-order valence-electron chi connectivity index (χ0n) is 12.9. The lowest BCUT2D eigenvalue weighted by Crippen LogP contribution is -2.47. The average molecular weight is 392 g/mol. The quantitative estimate of drug-likeness (QED) is 0.670. The summed E-state index contributed by atoms with van der Waals surface area (Å²) in [4.78, 5) is 11.9. The monoisotopic (exact) mass is 390 g/mol. The lowest BCUT2D eigenvalue weighted by molar-refractivity contribution is -0.120. The minimum absolute atomic E-state index is 0. The van der Waals surface area contributed by atoms with Gasteiger partial charge in [-0.25, -0.2) is 0 Å². The average Bonchev–Trinajstić information content (AvgIpc) is 2.43. The van der Waals surface area contributed by atoms with Gasteiger partial charge in [0.25, 0.3) is 0 Å². The maximum atomic E-state index is 11.9. The van der Waals surface area contributed by atoms with Gasteiger partial charge in [0.2, 0.25) is 5.91 Å². The molecular formula is C16H24BrClN2O2. The van der Waals surface area contributed by atoms with Crippen LogP contribution in [0.1, 0.15) is 24.8 Å². The summed E-state index contributed by atoms with van der Waals surface area (Å²) < 4.78 is 6.03. The van der Waals surface area contributed by atoms with Gasteiger partial charge in [-0.05, 0) is 30.5 Å². The summed E-state index contributed by atoms with van der Waals surface area (Å²) in [5, 5.41) is 6.13. The van der Waals surface area contributed by atoms with E-state index in [-0.39, 0.29) is 23.7 Å². The normalized spacial score (nSPS) is 15.5. The Morgan fingerprint density at radius 2 is 2.18 bits per heavy atom. The van der Waals surface area contributed by atoms with Crippen LogP contribution in [0.25, 0.3) is 0 Å². The van der Waals surface area contributed by atoms with Crippen LogP contribution in [0.5, 0.6) is 0 Å². The van der Waals surface area contributed by atoms with Crippen LogP contribution in [0.4, 0.5) is 0 Å². The summed E-state index contributed by atoms with van der Waals surface area (Å²) in [6, 6.07) is 8.43. The van der Waals surface area contributed by atoms with E-state index in [2.05, 4.69) is 44.8 Å². The van der Waals surface area contributed by atoms with Gasteiger partial charge in [0.05, 0.1) is 13.2 Å². The largest absolute Gasteiger partial charge is 0.383 e. The van der Waals surface area contributed by atoms with Gasteiger partial charge < -0.3 is 15.4 Å². The molecule has 1 amide bonds. The molecule has 0 radical (unpaired) electrons. The molecule has 124 valence electrons. The highest BCUT2D eigenvalue weighted by Crippen LogP contribution is 2.43. The Bertz CT molecular complexity index is 481. The minimum Gasteiger partial charge on any atom is -0.383 e. The lowest BCUT2D eigenvalue weighted by atomic mass is 9.64. The number of hydrogen-bond acceptors (Lipinski definition) is 3. The first kappa shape index (κ1) is 19.4. The second kappa shape index (κ2) is 9.50. The van der Waals surface area contributed by atoms with Crippen LogP contribution in [0.2, 0.25) is 0 Å². The van der Waals surface area contributed by atoms with Gasteiger partial charge in [-0.1, -0.05) is 34.5 Å². The molecule has 2 N–H and O–H groups in total. The van der Waals surface area contributed by atoms with Gasteiger partial charge in [-0.2, -0.15) is 0 Å². The molecule has 0 unspecified atom stereocenters. The van der Waals surface area contributed by atoms with E-state index in [9.17, 15) is 4.79 Å². The fourth-order valence-corrected chi connectivity index (χ4v) is 3.10. The molecule has 0 saturated heterocycles. The Balaban J connectivity index is 0.00000242. The first-order chi connectivity index (χ1) is 10.2. The predicted molar refractivity (Wildman–Crippen MR) is 94.7 cm³/mol. The standard InChI is InChI=1S/C16H23BrN2O2.ClH/c1-21-9-8-18-11-15(20)19-12-16(6-3-7-16)13-4-2-5-14(17)10-13;/h2,4-5,10,18H,3,6-9,11-12H2,1H3,(H,19,20);1H. The van der Waals surface area contributed by atoms with Crippen LogP contribution in [0, 0.1) is 0 Å². The number of amides is 1. The summed E-state index contributed by atoms with van der Waals surface area (Å²) in [7, 11) is 1.65. The molecule has 1 aliphatic rings. The van der Waals surface area contributed by atoms with E-state index in [4.69, 9.17) is 4.74 Å². The highest BCUT2D eigenvalue weighted by Gasteiger charge is 2.38. The van der Waals surface area contributed by atoms with Crippen LogP contribution in [-0.2, 0) is 14.9 Å². The van der Waals surface area contributed by atoms with E-state index in [0.717, 1.165) is 17.3 Å². The third kappa shape index (κ3) is 5.23. The molecule has 1 saturated carbocycles. The number of nitrogens with one attached hydrogen (secondary N) is 2. The molecule has 22 heavy (non-hydrogen) atoms. The van der Waals surface area contributed by atoms with Gasteiger partial charge in [0.15, 0.2) is 0 Å². The number of carbonyl (C=O) groups is 1. The van der Waals surface area contributed by atoms with Crippen molar-refractivity contribution in [2.75, 3.05) is 33.4 Å². The van der Waals surface area contributed by atoms with Crippen LogP contribution < -0.4 is 10.6 Å². The molecular weight excluding hydrogens is 368 g/mol. The maximum absolute atomic E-state index is 11.9. The molecule has 1 aliphatic carbocycles. The zero-order valence-corrected chi connectivity index (χ0v) is 15.3. The molecule has 0 heterocycles. The Morgan fingerprint density at radius 1 is 1.41 bits per heavy atom. The summed E-state index contributed by atoms with van der Waals surface area (Å²) in [5.74, 6) is 0.0485. The Hall–Kier alpha value is -0.620. The van der Waals surface area contributed by atoms with Crippen molar-refractivity contribution >= 4 is 34.2 Å². The van der Waals surface area contributed by atoms with Crippen LogP contribution in [0.15, 0.2) is 28.7 Å². The summed E-state index contributed by atoms with van der Waals surface area (Å²) in [6.45, 7) is 2.38. The number of rotatable bonds is 8. The number of ether oxygens (including phenoxy) is 1. The fourth-order valence-electron chi connectivity index (χ4n) is 2.70. The Kier molecular flexibility index (Phi) is 8.39. The fraction of sp³-hybridized carbons (Fsp3) is 0.562. The first-order valence-electron chi connectivity index (χ1n) is 7.39. The first-order valence-corrected chi connectivity index (χ1v) is 8.18. The van der Waals surface area contributed by atoms with Crippen molar-refractivity contribution in [3.8, 4) is 0 Å². The molecule has 1 fully saturated rings. The summed E-state index contributed by atoms with van der Waals surface area (Å²) >= 11 is 3.53. The van der Waals surface area contributed by atoms with Crippen molar-refractivity contribution in [3.63, 3.8) is 0 Å². The number of hydrogen-bond donors (Lipinski definition) is 2. The molecule has 2 rings (SSSR count). The highest BCUT2D eigenvalue weighted by molar-refractivity contribution is 9.10. The van der Waals surface area contributed by atoms with E-state index in [1.807, 2.05) is 6.07 Å². The Labute approximate surface area is 146 Å². The lowest BCUT2D eigenvalue weighted by Gasteiger charge is -2.42. The second-order valence-electron chi connectivity index (χ2n) is 5.59. The Morgan fingerprint density at radius 3 is 2.77 bits per heavy atom. The maximum Gasteiger partial charge on any atom is 0.233 e. The molecule has 0 aliphatic heterocycles. The number of methoxy groups -OCH3 is 1. The zero-order chi connectivity index (χ0) is 15.1. The molecule has 1 aromatic rings. The van der Waals surface area contributed by atoms with Crippen LogP contribution in [0.3, 0.4) is 0 Å². The number of benzene rings is 1. The molecule has 0 spiro atoms. The van der Waals surface area contributed by atoms with Gasteiger partial charge in [-0.3, -0.25) is 4.79 Å². The molecule has 4 nitrogen and oxygen atoms in total. The second-order valence-corrected chi connectivity index (χ2v) is 6.51. The topological polar surface area (TPSA) is 50.4 Å². The van der Waals surface area contributed by atoms with E-state index >= 15 is 0 Å². The summed E-state index contributed by atoms with van der Waals surface area (Å²) in [5.41, 5.74) is 1.43. The van der Waals surface area contributed by atoms with Crippen molar-refractivity contribution in [2.45, 2.75) is 24.7 Å². The number of carbonyl (C=O) groups excluding carboxylic acids is 1. The van der Waals surface area contributed by atoms with E-state index in [0.29, 0.717) is 26.2 Å². The molecule has 0 atom stereocenters. The van der Waals surface area contributed by atoms with Crippen molar-refractivity contribution in [2.24, 2.45) is 0 Å². The molecule has 0 aromatic heterocycles. The minimum atomic E-state index is 0. The third-order valence-corrected chi connectivity index (χ3v) is 4.63. The smallest absolute Gasteiger partial charge is 0.233 e. The third-order valence-electron chi connectivity index (χ3n) is 4.14. The van der Waals surface area contributed by atoms with Crippen LogP contribution >= 0.6 is 28.3 Å². The molecule has 0 bridgehead atoms. The van der Waals surface area contributed by atoms with Crippen molar-refractivity contribution in [3.05, 3.63) is 34.3 Å². The van der Waals surface area contributed by atoms with Crippen molar-refractivity contribution in [1.82, 2.24) is 10.6 Å². The predicted octanol–water partition coefficient (Wildman–Crippen LogP) is 2.64. The van der Waals surface area contributed by atoms with Gasteiger partial charge >= 0.3 is 0 Å². The summed E-state index contributed by atoms with van der Waals surface area (Å²) in [6.07, 6.45) is 3.51. The van der Waals surface area contributed by atoms with Gasteiger partial charge in [0, 0.05) is 30.1 Å². The SMILES string of the molecule is COCCNCC(=O)NCC1(c2cccc(Br)c2)CCC1.Cl.